The molecule has 4 rings (SSSR count). The first-order valence-corrected chi connectivity index (χ1v) is 9.66. The SMILES string of the molecule is Cc1ccc(S(=O)(=O)N2CCCCC2c2cc3ccccc3[nH]2)o1. The van der Waals surface area contributed by atoms with Crippen LogP contribution in [0, 0.1) is 6.92 Å². The molecule has 0 spiro atoms. The highest BCUT2D eigenvalue weighted by Crippen LogP contribution is 2.36. The van der Waals surface area contributed by atoms with Gasteiger partial charge >= 0.3 is 0 Å². The molecule has 5 nitrogen and oxygen atoms in total. The number of H-pyrrole nitrogens is 1. The number of para-hydroxylation sites is 1. The van der Waals surface area contributed by atoms with Gasteiger partial charge in [0, 0.05) is 17.8 Å². The largest absolute Gasteiger partial charge is 0.449 e. The minimum absolute atomic E-state index is 0.0306. The van der Waals surface area contributed by atoms with E-state index in [-0.39, 0.29) is 11.1 Å². The molecule has 1 N–H and O–H groups in total. The number of piperidine rings is 1. The fourth-order valence-corrected chi connectivity index (χ4v) is 5.08. The number of nitrogens with zero attached hydrogens (tertiary/aromatic N) is 1. The summed E-state index contributed by atoms with van der Waals surface area (Å²) in [6.07, 6.45) is 2.70. The van der Waals surface area contributed by atoms with E-state index >= 15 is 0 Å². The van der Waals surface area contributed by atoms with Gasteiger partial charge in [0.25, 0.3) is 10.0 Å². The second-order valence-electron chi connectivity index (χ2n) is 6.30. The quantitative estimate of drug-likeness (QED) is 0.781. The smallest absolute Gasteiger partial charge is 0.277 e. The van der Waals surface area contributed by atoms with Crippen LogP contribution in [0.1, 0.15) is 36.8 Å². The Morgan fingerprint density at radius 1 is 1.17 bits per heavy atom. The van der Waals surface area contributed by atoms with Gasteiger partial charge in [0.1, 0.15) is 5.76 Å². The van der Waals surface area contributed by atoms with Crippen LogP contribution in [-0.4, -0.2) is 24.3 Å². The molecule has 0 saturated carbocycles. The number of aryl methyl sites for hydroxylation is 1. The van der Waals surface area contributed by atoms with Crippen molar-refractivity contribution in [2.75, 3.05) is 6.54 Å². The van der Waals surface area contributed by atoms with Gasteiger partial charge in [-0.05, 0) is 49.4 Å². The molecule has 1 aliphatic heterocycles. The molecule has 1 saturated heterocycles. The maximum atomic E-state index is 13.0. The van der Waals surface area contributed by atoms with E-state index in [1.165, 1.54) is 0 Å². The van der Waals surface area contributed by atoms with Gasteiger partial charge in [0.05, 0.1) is 6.04 Å². The van der Waals surface area contributed by atoms with Crippen molar-refractivity contribution in [1.82, 2.24) is 9.29 Å². The van der Waals surface area contributed by atoms with Crippen LogP contribution in [-0.2, 0) is 10.0 Å². The van der Waals surface area contributed by atoms with E-state index in [0.717, 1.165) is 35.9 Å². The van der Waals surface area contributed by atoms with Crippen molar-refractivity contribution in [3.8, 4) is 0 Å². The second-order valence-corrected chi connectivity index (χ2v) is 8.13. The van der Waals surface area contributed by atoms with Gasteiger partial charge in [-0.2, -0.15) is 4.31 Å². The van der Waals surface area contributed by atoms with Crippen molar-refractivity contribution in [3.63, 3.8) is 0 Å². The first-order chi connectivity index (χ1) is 11.6. The number of nitrogens with one attached hydrogen (secondary N) is 1. The van der Waals surface area contributed by atoms with E-state index in [1.807, 2.05) is 24.3 Å². The molecular formula is C18H20N2O3S. The molecule has 3 aromatic rings. The Kier molecular flexibility index (Phi) is 3.73. The molecule has 3 heterocycles. The number of benzene rings is 1. The number of aromatic nitrogens is 1. The number of sulfonamides is 1. The van der Waals surface area contributed by atoms with Crippen LogP contribution in [0.3, 0.4) is 0 Å². The average Bonchev–Trinajstić information content (AvgIpc) is 3.21. The third-order valence-corrected chi connectivity index (χ3v) is 6.42. The summed E-state index contributed by atoms with van der Waals surface area (Å²) in [6.45, 7) is 2.27. The monoisotopic (exact) mass is 344 g/mol. The van der Waals surface area contributed by atoms with Gasteiger partial charge in [0.15, 0.2) is 0 Å². The molecule has 6 heteroatoms. The van der Waals surface area contributed by atoms with Crippen LogP contribution < -0.4 is 0 Å². The van der Waals surface area contributed by atoms with Crippen molar-refractivity contribution in [2.24, 2.45) is 0 Å². The van der Waals surface area contributed by atoms with Crippen molar-refractivity contribution in [2.45, 2.75) is 37.3 Å². The molecule has 126 valence electrons. The Morgan fingerprint density at radius 3 is 2.75 bits per heavy atom. The van der Waals surface area contributed by atoms with Crippen LogP contribution in [0.5, 0.6) is 0 Å². The van der Waals surface area contributed by atoms with Gasteiger partial charge in [-0.3, -0.25) is 0 Å². The molecule has 1 aromatic carbocycles. The lowest BCUT2D eigenvalue weighted by Gasteiger charge is -2.33. The topological polar surface area (TPSA) is 66.3 Å². The lowest BCUT2D eigenvalue weighted by atomic mass is 10.0. The summed E-state index contributed by atoms with van der Waals surface area (Å²) < 4.78 is 33.0. The molecule has 0 aliphatic carbocycles. The van der Waals surface area contributed by atoms with Gasteiger partial charge in [-0.25, -0.2) is 8.42 Å². The van der Waals surface area contributed by atoms with Gasteiger partial charge in [0.2, 0.25) is 5.09 Å². The maximum Gasteiger partial charge on any atom is 0.277 e. The predicted octanol–water partition coefficient (Wildman–Crippen LogP) is 3.99. The van der Waals surface area contributed by atoms with E-state index < -0.39 is 10.0 Å². The van der Waals surface area contributed by atoms with Crippen molar-refractivity contribution >= 4 is 20.9 Å². The molecule has 1 aliphatic rings. The Labute approximate surface area is 141 Å². The van der Waals surface area contributed by atoms with Crippen molar-refractivity contribution < 1.29 is 12.8 Å². The first kappa shape index (κ1) is 15.5. The summed E-state index contributed by atoms with van der Waals surface area (Å²) in [6, 6.07) is 13.1. The highest BCUT2D eigenvalue weighted by molar-refractivity contribution is 7.89. The summed E-state index contributed by atoms with van der Waals surface area (Å²) in [5.74, 6) is 0.604. The highest BCUT2D eigenvalue weighted by Gasteiger charge is 2.36. The number of aromatic amines is 1. The molecule has 1 unspecified atom stereocenters. The Hall–Kier alpha value is -2.05. The van der Waals surface area contributed by atoms with Gasteiger partial charge in [-0.1, -0.05) is 24.6 Å². The fraction of sp³-hybridized carbons (Fsp3) is 0.333. The molecule has 0 bridgehead atoms. The van der Waals surface area contributed by atoms with Gasteiger partial charge < -0.3 is 9.40 Å². The number of hydrogen-bond acceptors (Lipinski definition) is 3. The van der Waals surface area contributed by atoms with Crippen LogP contribution in [0.2, 0.25) is 0 Å². The normalized spacial score (nSPS) is 19.8. The molecule has 24 heavy (non-hydrogen) atoms. The molecule has 0 radical (unpaired) electrons. The number of fused-ring (bicyclic) bond motifs is 1. The van der Waals surface area contributed by atoms with E-state index in [2.05, 4.69) is 11.1 Å². The summed E-state index contributed by atoms with van der Waals surface area (Å²) in [5, 5.41) is 1.13. The Balaban J connectivity index is 1.75. The lowest BCUT2D eigenvalue weighted by molar-refractivity contribution is 0.246. The second kappa shape index (κ2) is 5.79. The maximum absolute atomic E-state index is 13.0. The zero-order valence-corrected chi connectivity index (χ0v) is 14.3. The number of hydrogen-bond donors (Lipinski definition) is 1. The molecule has 2 aromatic heterocycles. The molecule has 0 amide bonds. The van der Waals surface area contributed by atoms with E-state index in [4.69, 9.17) is 4.42 Å². The minimum Gasteiger partial charge on any atom is -0.449 e. The van der Waals surface area contributed by atoms with Gasteiger partial charge in [-0.15, -0.1) is 0 Å². The van der Waals surface area contributed by atoms with Crippen LogP contribution in [0.4, 0.5) is 0 Å². The third-order valence-electron chi connectivity index (χ3n) is 4.64. The van der Waals surface area contributed by atoms with Crippen LogP contribution >= 0.6 is 0 Å². The number of rotatable bonds is 3. The standard InChI is InChI=1S/C18H20N2O3S/c1-13-9-10-18(23-13)24(21,22)20-11-5-4-8-17(20)16-12-14-6-2-3-7-15(14)19-16/h2-3,6-7,9-10,12,17,19H,4-5,8,11H2,1H3. The Morgan fingerprint density at radius 2 is 2.00 bits per heavy atom. The highest BCUT2D eigenvalue weighted by atomic mass is 32.2. The summed E-state index contributed by atoms with van der Waals surface area (Å²) >= 11 is 0. The molecule has 1 fully saturated rings. The molecule has 1 atom stereocenters. The lowest BCUT2D eigenvalue weighted by Crippen LogP contribution is -2.38. The van der Waals surface area contributed by atoms with Crippen molar-refractivity contribution in [1.29, 1.82) is 0 Å². The van der Waals surface area contributed by atoms with E-state index in [1.54, 1.807) is 23.4 Å². The summed E-state index contributed by atoms with van der Waals surface area (Å²) in [4.78, 5) is 3.39. The minimum atomic E-state index is -3.63. The van der Waals surface area contributed by atoms with Crippen molar-refractivity contribution in [3.05, 3.63) is 53.9 Å². The average molecular weight is 344 g/mol. The number of furan rings is 1. The predicted molar refractivity (Wildman–Crippen MR) is 92.2 cm³/mol. The molecular weight excluding hydrogens is 324 g/mol. The zero-order valence-electron chi connectivity index (χ0n) is 13.5. The summed E-state index contributed by atoms with van der Waals surface area (Å²) in [5.41, 5.74) is 1.98. The Bertz CT molecular complexity index is 938. The van der Waals surface area contributed by atoms with Crippen LogP contribution in [0.25, 0.3) is 10.9 Å². The van der Waals surface area contributed by atoms with E-state index in [0.29, 0.717) is 12.3 Å². The first-order valence-electron chi connectivity index (χ1n) is 8.22. The summed E-state index contributed by atoms with van der Waals surface area (Å²) in [7, 11) is -3.63. The van der Waals surface area contributed by atoms with Crippen LogP contribution in [0.15, 0.2) is 52.0 Å². The van der Waals surface area contributed by atoms with E-state index in [9.17, 15) is 8.42 Å². The zero-order chi connectivity index (χ0) is 16.7. The fourth-order valence-electron chi connectivity index (χ4n) is 3.45. The third kappa shape index (κ3) is 2.56.